The Balaban J connectivity index is 2.36. The molecular weight excluding hydrogens is 337 g/mol. The van der Waals surface area contributed by atoms with Crippen LogP contribution in [-0.2, 0) is 6.18 Å². The van der Waals surface area contributed by atoms with Crippen molar-refractivity contribution in [3.8, 4) is 5.75 Å². The number of alkyl halides is 3. The molecule has 0 aliphatic rings. The molecule has 136 valence electrons. The van der Waals surface area contributed by atoms with E-state index in [1.54, 1.807) is 12.1 Å². The average Bonchev–Trinajstić information content (AvgIpc) is 2.51. The summed E-state index contributed by atoms with van der Waals surface area (Å²) in [6.45, 7) is 3.35. The number of benzene rings is 1. The maximum atomic E-state index is 13.1. The Kier molecular flexibility index (Phi) is 5.68. The first-order chi connectivity index (χ1) is 11.7. The highest BCUT2D eigenvalue weighted by molar-refractivity contribution is 5.59. The number of hydrogen-bond acceptors (Lipinski definition) is 6. The smallest absolute Gasteiger partial charge is 0.433 e. The van der Waals surface area contributed by atoms with Gasteiger partial charge in [0.1, 0.15) is 11.6 Å². The maximum absolute atomic E-state index is 13.1. The number of anilines is 3. The molecule has 0 saturated carbocycles. The molecule has 1 aromatic carbocycles. The van der Waals surface area contributed by atoms with Gasteiger partial charge in [-0.15, -0.1) is 0 Å². The SMILES string of the molecule is CC(C)[C@H](CO)Nc1nc(Nc2cccc(O)c2)cc(C(F)(F)F)n1. The number of nitrogens with zero attached hydrogens (tertiary/aromatic N) is 2. The second kappa shape index (κ2) is 7.56. The zero-order valence-corrected chi connectivity index (χ0v) is 13.7. The fourth-order valence-electron chi connectivity index (χ4n) is 2.04. The van der Waals surface area contributed by atoms with Crippen molar-refractivity contribution < 1.29 is 23.4 Å². The van der Waals surface area contributed by atoms with Gasteiger partial charge in [0.05, 0.1) is 12.6 Å². The Morgan fingerprint density at radius 1 is 1.16 bits per heavy atom. The van der Waals surface area contributed by atoms with Crippen LogP contribution in [-0.4, -0.2) is 32.8 Å². The van der Waals surface area contributed by atoms with Gasteiger partial charge in [-0.25, -0.2) is 4.98 Å². The number of halogens is 3. The van der Waals surface area contributed by atoms with Gasteiger partial charge in [-0.05, 0) is 18.1 Å². The van der Waals surface area contributed by atoms with Crippen LogP contribution in [0.1, 0.15) is 19.5 Å². The maximum Gasteiger partial charge on any atom is 0.433 e. The van der Waals surface area contributed by atoms with Crippen LogP contribution in [0.2, 0.25) is 0 Å². The summed E-state index contributed by atoms with van der Waals surface area (Å²) in [6.07, 6.45) is -4.65. The molecule has 0 fully saturated rings. The molecule has 0 amide bonds. The van der Waals surface area contributed by atoms with Crippen LogP contribution in [0.15, 0.2) is 30.3 Å². The van der Waals surface area contributed by atoms with Crippen LogP contribution in [0, 0.1) is 5.92 Å². The van der Waals surface area contributed by atoms with Crippen molar-refractivity contribution in [1.29, 1.82) is 0 Å². The van der Waals surface area contributed by atoms with Crippen molar-refractivity contribution in [3.05, 3.63) is 36.0 Å². The van der Waals surface area contributed by atoms with Crippen molar-refractivity contribution in [1.82, 2.24) is 9.97 Å². The number of aromatic nitrogens is 2. The van der Waals surface area contributed by atoms with Crippen LogP contribution in [0.3, 0.4) is 0 Å². The molecule has 0 radical (unpaired) electrons. The topological polar surface area (TPSA) is 90.3 Å². The standard InChI is InChI=1S/C16H19F3N4O2/c1-9(2)12(8-24)21-15-22-13(16(17,18)19)7-14(23-15)20-10-4-3-5-11(25)6-10/h3-7,9,12,24-25H,8H2,1-2H3,(H2,20,21,22,23)/t12-/m0/s1. The number of phenols is 1. The van der Waals surface area contributed by atoms with Crippen molar-refractivity contribution in [2.75, 3.05) is 17.2 Å². The lowest BCUT2D eigenvalue weighted by molar-refractivity contribution is -0.141. The highest BCUT2D eigenvalue weighted by atomic mass is 19.4. The first-order valence-electron chi connectivity index (χ1n) is 7.58. The summed E-state index contributed by atoms with van der Waals surface area (Å²) < 4.78 is 39.3. The summed E-state index contributed by atoms with van der Waals surface area (Å²) in [5.41, 5.74) is -0.742. The molecule has 6 nitrogen and oxygen atoms in total. The van der Waals surface area contributed by atoms with Crippen molar-refractivity contribution >= 4 is 17.5 Å². The van der Waals surface area contributed by atoms with E-state index >= 15 is 0 Å². The van der Waals surface area contributed by atoms with Crippen LogP contribution >= 0.6 is 0 Å². The summed E-state index contributed by atoms with van der Waals surface area (Å²) in [4.78, 5) is 7.50. The molecule has 0 unspecified atom stereocenters. The first kappa shape index (κ1) is 18.8. The Bertz CT molecular complexity index is 723. The minimum atomic E-state index is -4.65. The highest BCUT2D eigenvalue weighted by Gasteiger charge is 2.34. The summed E-state index contributed by atoms with van der Waals surface area (Å²) in [5.74, 6) is -0.402. The van der Waals surface area contributed by atoms with Gasteiger partial charge in [0.25, 0.3) is 0 Å². The van der Waals surface area contributed by atoms with Crippen molar-refractivity contribution in [2.24, 2.45) is 5.92 Å². The van der Waals surface area contributed by atoms with E-state index in [0.29, 0.717) is 5.69 Å². The fraction of sp³-hybridized carbons (Fsp3) is 0.375. The third-order valence-corrected chi connectivity index (χ3v) is 3.45. The quantitative estimate of drug-likeness (QED) is 0.634. The normalized spacial score (nSPS) is 12.9. The van der Waals surface area contributed by atoms with E-state index in [1.807, 2.05) is 13.8 Å². The summed E-state index contributed by atoms with van der Waals surface area (Å²) in [6, 6.07) is 6.20. The first-order valence-corrected chi connectivity index (χ1v) is 7.58. The van der Waals surface area contributed by atoms with Gasteiger partial charge in [0.2, 0.25) is 5.95 Å². The van der Waals surface area contributed by atoms with Gasteiger partial charge in [-0.1, -0.05) is 19.9 Å². The summed E-state index contributed by atoms with van der Waals surface area (Å²) >= 11 is 0. The zero-order valence-electron chi connectivity index (χ0n) is 13.7. The number of rotatable bonds is 6. The van der Waals surface area contributed by atoms with Gasteiger partial charge in [-0.2, -0.15) is 18.2 Å². The second-order valence-electron chi connectivity index (χ2n) is 5.81. The van der Waals surface area contributed by atoms with Gasteiger partial charge >= 0.3 is 6.18 Å². The molecule has 2 rings (SSSR count). The largest absolute Gasteiger partial charge is 0.508 e. The summed E-state index contributed by atoms with van der Waals surface area (Å²) in [5, 5.41) is 24.2. The van der Waals surface area contributed by atoms with E-state index in [9.17, 15) is 23.4 Å². The predicted octanol–water partition coefficient (Wildman–Crippen LogP) is 3.37. The van der Waals surface area contributed by atoms with Crippen molar-refractivity contribution in [2.45, 2.75) is 26.1 Å². The predicted molar refractivity (Wildman–Crippen MR) is 87.8 cm³/mol. The second-order valence-corrected chi connectivity index (χ2v) is 5.81. The lowest BCUT2D eigenvalue weighted by Crippen LogP contribution is -2.30. The molecule has 25 heavy (non-hydrogen) atoms. The summed E-state index contributed by atoms with van der Waals surface area (Å²) in [7, 11) is 0. The third kappa shape index (κ3) is 5.21. The van der Waals surface area contributed by atoms with E-state index in [2.05, 4.69) is 20.6 Å². The molecule has 1 heterocycles. The average molecular weight is 356 g/mol. The van der Waals surface area contributed by atoms with Crippen LogP contribution < -0.4 is 10.6 Å². The minimum absolute atomic E-state index is 0.0337. The number of aliphatic hydroxyl groups is 1. The molecule has 2 aromatic rings. The van der Waals surface area contributed by atoms with Gasteiger partial charge in [0.15, 0.2) is 5.69 Å². The number of phenolic OH excluding ortho intramolecular Hbond substituents is 1. The van der Waals surface area contributed by atoms with Crippen molar-refractivity contribution in [3.63, 3.8) is 0 Å². The third-order valence-electron chi connectivity index (χ3n) is 3.45. The molecule has 0 spiro atoms. The molecule has 0 aliphatic heterocycles. The van der Waals surface area contributed by atoms with Gasteiger partial charge < -0.3 is 20.8 Å². The molecule has 4 N–H and O–H groups in total. The van der Waals surface area contributed by atoms with E-state index in [0.717, 1.165) is 6.07 Å². The monoisotopic (exact) mass is 356 g/mol. The lowest BCUT2D eigenvalue weighted by Gasteiger charge is -2.21. The molecule has 9 heteroatoms. The fourth-order valence-corrected chi connectivity index (χ4v) is 2.04. The number of aliphatic hydroxyl groups excluding tert-OH is 1. The zero-order chi connectivity index (χ0) is 18.6. The number of nitrogens with one attached hydrogen (secondary N) is 2. The molecule has 0 saturated heterocycles. The Hall–Kier alpha value is -2.55. The Labute approximate surface area is 142 Å². The highest BCUT2D eigenvalue weighted by Crippen LogP contribution is 2.31. The van der Waals surface area contributed by atoms with Gasteiger partial charge in [-0.3, -0.25) is 0 Å². The van der Waals surface area contributed by atoms with Crippen LogP contribution in [0.25, 0.3) is 0 Å². The Morgan fingerprint density at radius 2 is 1.88 bits per heavy atom. The molecular formula is C16H19F3N4O2. The lowest BCUT2D eigenvalue weighted by atomic mass is 10.1. The van der Waals surface area contributed by atoms with E-state index in [-0.39, 0.29) is 30.0 Å². The van der Waals surface area contributed by atoms with E-state index < -0.39 is 17.9 Å². The van der Waals surface area contributed by atoms with E-state index in [4.69, 9.17) is 0 Å². The van der Waals surface area contributed by atoms with Gasteiger partial charge in [0, 0.05) is 17.8 Å². The van der Waals surface area contributed by atoms with Crippen LogP contribution in [0.5, 0.6) is 5.75 Å². The molecule has 0 bridgehead atoms. The number of hydrogen-bond donors (Lipinski definition) is 4. The van der Waals surface area contributed by atoms with Crippen LogP contribution in [0.4, 0.5) is 30.6 Å². The minimum Gasteiger partial charge on any atom is -0.508 e. The Morgan fingerprint density at radius 3 is 2.44 bits per heavy atom. The molecule has 1 atom stereocenters. The molecule has 0 aliphatic carbocycles. The number of aromatic hydroxyl groups is 1. The molecule has 1 aromatic heterocycles. The van der Waals surface area contributed by atoms with E-state index in [1.165, 1.54) is 12.1 Å².